The van der Waals surface area contributed by atoms with Crippen molar-refractivity contribution in [1.82, 2.24) is 9.78 Å². The minimum atomic E-state index is -1.79. The van der Waals surface area contributed by atoms with Gasteiger partial charge in [0.05, 0.1) is 11.7 Å². The summed E-state index contributed by atoms with van der Waals surface area (Å²) in [5.74, 6) is -3.23. The molecule has 0 fully saturated rings. The molecule has 1 aromatic heterocycles. The van der Waals surface area contributed by atoms with Gasteiger partial charge in [0, 0.05) is 11.6 Å². The summed E-state index contributed by atoms with van der Waals surface area (Å²) in [4.78, 5) is 25.6. The predicted molar refractivity (Wildman–Crippen MR) is 91.9 cm³/mol. The first-order chi connectivity index (χ1) is 12.3. The molecular weight excluding hydrogens is 335 g/mol. The Kier molecular flexibility index (Phi) is 4.52. The highest BCUT2D eigenvalue weighted by Gasteiger charge is 2.49. The molecule has 1 aliphatic carbocycles. The van der Waals surface area contributed by atoms with Gasteiger partial charge in [-0.2, -0.15) is 5.10 Å². The van der Waals surface area contributed by atoms with Crippen LogP contribution in [0.4, 0.5) is 4.39 Å². The zero-order valence-electron chi connectivity index (χ0n) is 15.0. The lowest BCUT2D eigenvalue weighted by atomic mass is 9.64. The molecule has 26 heavy (non-hydrogen) atoms. The molecule has 0 spiro atoms. The molecule has 1 aromatic carbocycles. The van der Waals surface area contributed by atoms with E-state index in [4.69, 9.17) is 0 Å². The van der Waals surface area contributed by atoms with E-state index in [2.05, 4.69) is 5.10 Å². The molecule has 1 heterocycles. The highest BCUT2D eigenvalue weighted by molar-refractivity contribution is 6.04. The number of carboxylic acids is 1. The van der Waals surface area contributed by atoms with Gasteiger partial charge in [-0.05, 0) is 57.4 Å². The van der Waals surface area contributed by atoms with Crippen LogP contribution in [0.25, 0.3) is 0 Å². The lowest BCUT2D eigenvalue weighted by Gasteiger charge is -2.42. The number of halogens is 1. The van der Waals surface area contributed by atoms with Crippen molar-refractivity contribution in [1.29, 1.82) is 0 Å². The Morgan fingerprint density at radius 2 is 1.88 bits per heavy atom. The normalized spacial score (nSPS) is 22.8. The number of carboxylic acid groups (broad SMARTS) is 1. The molecule has 0 saturated heterocycles. The van der Waals surface area contributed by atoms with Gasteiger partial charge in [0.2, 0.25) is 0 Å². The molecule has 3 rings (SSSR count). The third kappa shape index (κ3) is 2.85. The zero-order chi connectivity index (χ0) is 19.1. The summed E-state index contributed by atoms with van der Waals surface area (Å²) in [6.45, 7) is 5.34. The van der Waals surface area contributed by atoms with Crippen LogP contribution >= 0.6 is 0 Å². The third-order valence-corrected chi connectivity index (χ3v) is 5.07. The second-order valence-electron chi connectivity index (χ2n) is 6.95. The average Bonchev–Trinajstić information content (AvgIpc) is 2.93. The summed E-state index contributed by atoms with van der Waals surface area (Å²) >= 11 is 0. The second kappa shape index (κ2) is 6.52. The van der Waals surface area contributed by atoms with E-state index in [0.29, 0.717) is 23.4 Å². The first-order valence-electron chi connectivity index (χ1n) is 8.48. The second-order valence-corrected chi connectivity index (χ2v) is 6.95. The van der Waals surface area contributed by atoms with Gasteiger partial charge >= 0.3 is 0 Å². The van der Waals surface area contributed by atoms with Crippen LogP contribution in [0.1, 0.15) is 47.4 Å². The van der Waals surface area contributed by atoms with Crippen LogP contribution in [0.15, 0.2) is 42.0 Å². The van der Waals surface area contributed by atoms with E-state index in [0.717, 1.165) is 10.3 Å². The molecular formula is C20H20FN2O3-. The Hall–Kier alpha value is -2.76. The average molecular weight is 355 g/mol. The van der Waals surface area contributed by atoms with E-state index in [1.54, 1.807) is 26.0 Å². The monoisotopic (exact) mass is 355 g/mol. The van der Waals surface area contributed by atoms with E-state index in [1.807, 2.05) is 6.92 Å². The first-order valence-corrected chi connectivity index (χ1v) is 8.48. The number of rotatable bonds is 3. The highest BCUT2D eigenvalue weighted by atomic mass is 19.1. The number of benzene rings is 1. The quantitative estimate of drug-likeness (QED) is 0.626. The number of allylic oxidation sites excluding steroid dienone is 2. The van der Waals surface area contributed by atoms with Crippen LogP contribution in [0.2, 0.25) is 0 Å². The Morgan fingerprint density at radius 1 is 1.23 bits per heavy atom. The van der Waals surface area contributed by atoms with Gasteiger partial charge in [-0.15, -0.1) is 0 Å². The summed E-state index contributed by atoms with van der Waals surface area (Å²) in [6.07, 6.45) is 2.35. The highest BCUT2D eigenvalue weighted by Crippen LogP contribution is 2.47. The molecule has 0 N–H and O–H groups in total. The van der Waals surface area contributed by atoms with Crippen LogP contribution in [-0.2, 0) is 4.79 Å². The molecule has 6 heteroatoms. The van der Waals surface area contributed by atoms with E-state index < -0.39 is 29.0 Å². The molecule has 0 saturated carbocycles. The van der Waals surface area contributed by atoms with Gasteiger partial charge in [0.25, 0.3) is 5.91 Å². The number of carbonyl (C=O) groups excluding carboxylic acids is 2. The van der Waals surface area contributed by atoms with Crippen molar-refractivity contribution in [2.24, 2.45) is 5.41 Å². The molecule has 0 aliphatic heterocycles. The SMILES string of the molecule is CC1=C[C@H](c2ccc(F)cc2)[C@](C(=O)[O-])(C(=O)n2nc(C)cc2C)CC1. The van der Waals surface area contributed by atoms with Crippen molar-refractivity contribution in [3.8, 4) is 0 Å². The van der Waals surface area contributed by atoms with Crippen LogP contribution in [0.3, 0.4) is 0 Å². The van der Waals surface area contributed by atoms with Crippen molar-refractivity contribution >= 4 is 11.9 Å². The smallest absolute Gasteiger partial charge is 0.259 e. The fourth-order valence-corrected chi connectivity index (χ4v) is 3.69. The molecule has 2 aromatic rings. The Bertz CT molecular complexity index is 898. The fraction of sp³-hybridized carbons (Fsp3) is 0.350. The van der Waals surface area contributed by atoms with Crippen LogP contribution in [0.5, 0.6) is 0 Å². The molecule has 0 radical (unpaired) electrons. The van der Waals surface area contributed by atoms with Gasteiger partial charge in [0.1, 0.15) is 11.2 Å². The summed E-state index contributed by atoms with van der Waals surface area (Å²) in [5.41, 5.74) is 0.949. The Balaban J connectivity index is 2.19. The van der Waals surface area contributed by atoms with Crippen LogP contribution in [0, 0.1) is 25.1 Å². The topological polar surface area (TPSA) is 75.0 Å². The maximum atomic E-state index is 13.3. The largest absolute Gasteiger partial charge is 0.549 e. The van der Waals surface area contributed by atoms with Crippen molar-refractivity contribution in [2.45, 2.75) is 39.5 Å². The number of hydrogen-bond donors (Lipinski definition) is 0. The molecule has 5 nitrogen and oxygen atoms in total. The summed E-state index contributed by atoms with van der Waals surface area (Å²) in [6, 6.07) is 7.28. The van der Waals surface area contributed by atoms with Gasteiger partial charge in [0.15, 0.2) is 0 Å². The number of aliphatic carboxylic acids is 1. The molecule has 2 atom stereocenters. The summed E-state index contributed by atoms with van der Waals surface area (Å²) < 4.78 is 14.5. The molecule has 0 unspecified atom stereocenters. The Labute approximate surface area is 151 Å². The van der Waals surface area contributed by atoms with Gasteiger partial charge < -0.3 is 9.90 Å². The van der Waals surface area contributed by atoms with Crippen molar-refractivity contribution in [2.75, 3.05) is 0 Å². The molecule has 0 amide bonds. The number of hydrogen-bond acceptors (Lipinski definition) is 4. The van der Waals surface area contributed by atoms with Crippen LogP contribution in [-0.4, -0.2) is 21.7 Å². The summed E-state index contributed by atoms with van der Waals surface area (Å²) in [7, 11) is 0. The van der Waals surface area contributed by atoms with Gasteiger partial charge in [-0.3, -0.25) is 4.79 Å². The van der Waals surface area contributed by atoms with Crippen molar-refractivity contribution in [3.05, 3.63) is 64.7 Å². The maximum absolute atomic E-state index is 13.3. The lowest BCUT2D eigenvalue weighted by Crippen LogP contribution is -2.54. The van der Waals surface area contributed by atoms with Crippen molar-refractivity contribution < 1.29 is 19.1 Å². The fourth-order valence-electron chi connectivity index (χ4n) is 3.69. The standard InChI is InChI=1S/C20H21FN2O3/c1-12-8-9-20(19(25)26,18(24)23-14(3)11-13(2)22-23)17(10-12)15-4-6-16(21)7-5-15/h4-7,10-11,17H,8-9H2,1-3H3,(H,25,26)/p-1/t17-,20+/m1/s1. The predicted octanol–water partition coefficient (Wildman–Crippen LogP) is 2.54. The van der Waals surface area contributed by atoms with Gasteiger partial charge in [-0.1, -0.05) is 23.8 Å². The number of aryl methyl sites for hydroxylation is 2. The lowest BCUT2D eigenvalue weighted by molar-refractivity contribution is -0.317. The van der Waals surface area contributed by atoms with E-state index in [9.17, 15) is 19.1 Å². The number of aromatic nitrogens is 2. The third-order valence-electron chi connectivity index (χ3n) is 5.07. The zero-order valence-corrected chi connectivity index (χ0v) is 15.0. The van der Waals surface area contributed by atoms with Gasteiger partial charge in [-0.25, -0.2) is 9.07 Å². The molecule has 1 aliphatic rings. The van der Waals surface area contributed by atoms with E-state index >= 15 is 0 Å². The number of nitrogens with zero attached hydrogens (tertiary/aromatic N) is 2. The number of carbonyl (C=O) groups is 2. The molecule has 0 bridgehead atoms. The minimum Gasteiger partial charge on any atom is -0.549 e. The summed E-state index contributed by atoms with van der Waals surface area (Å²) in [5, 5.41) is 16.5. The minimum absolute atomic E-state index is 0.108. The Morgan fingerprint density at radius 3 is 2.42 bits per heavy atom. The maximum Gasteiger partial charge on any atom is 0.259 e. The first kappa shape index (κ1) is 18.0. The van der Waals surface area contributed by atoms with E-state index in [1.165, 1.54) is 24.3 Å². The van der Waals surface area contributed by atoms with Crippen LogP contribution < -0.4 is 5.11 Å². The van der Waals surface area contributed by atoms with Crippen molar-refractivity contribution in [3.63, 3.8) is 0 Å². The molecule has 136 valence electrons. The van der Waals surface area contributed by atoms with E-state index in [-0.39, 0.29) is 6.42 Å².